The van der Waals surface area contributed by atoms with Gasteiger partial charge in [-0.2, -0.15) is 0 Å². The first-order chi connectivity index (χ1) is 12.4. The van der Waals surface area contributed by atoms with Crippen LogP contribution in [-0.2, 0) is 0 Å². The lowest BCUT2D eigenvalue weighted by Crippen LogP contribution is -2.30. The average Bonchev–Trinajstić information content (AvgIpc) is 2.78. The van der Waals surface area contributed by atoms with E-state index in [1.54, 1.807) is 29.2 Å². The molecular formula is C19H20F3N3O. The number of hydrogen-bond acceptors (Lipinski definition) is 3. The molecule has 1 aromatic carbocycles. The van der Waals surface area contributed by atoms with Gasteiger partial charge in [0.25, 0.3) is 5.91 Å². The Morgan fingerprint density at radius 2 is 1.92 bits per heavy atom. The molecule has 3 rings (SSSR count). The summed E-state index contributed by atoms with van der Waals surface area (Å²) >= 11 is 0. The molecule has 1 amide bonds. The molecule has 1 aliphatic rings. The van der Waals surface area contributed by atoms with Gasteiger partial charge in [-0.1, -0.05) is 18.2 Å². The van der Waals surface area contributed by atoms with Crippen molar-refractivity contribution in [3.05, 3.63) is 53.5 Å². The summed E-state index contributed by atoms with van der Waals surface area (Å²) < 4.78 is 41.4. The molecule has 1 fully saturated rings. The first kappa shape index (κ1) is 18.2. The largest absolute Gasteiger partial charge is 0.356 e. The Labute approximate surface area is 150 Å². The minimum Gasteiger partial charge on any atom is -0.356 e. The molecule has 138 valence electrons. The molecule has 0 unspecified atom stereocenters. The molecule has 4 nitrogen and oxygen atoms in total. The normalized spacial score (nSPS) is 16.8. The predicted octanol–water partition coefficient (Wildman–Crippen LogP) is 4.41. The van der Waals surface area contributed by atoms with E-state index in [9.17, 15) is 18.0 Å². The van der Waals surface area contributed by atoms with Gasteiger partial charge in [0, 0.05) is 37.2 Å². The highest BCUT2D eigenvalue weighted by Crippen LogP contribution is 2.32. The molecule has 0 aliphatic carbocycles. The lowest BCUT2D eigenvalue weighted by atomic mass is 10.1. The third kappa shape index (κ3) is 3.98. The predicted molar refractivity (Wildman–Crippen MR) is 94.3 cm³/mol. The molecule has 0 radical (unpaired) electrons. The maximum Gasteiger partial charge on any atom is 0.259 e. The van der Waals surface area contributed by atoms with Crippen LogP contribution in [0.25, 0.3) is 0 Å². The fourth-order valence-electron chi connectivity index (χ4n) is 3.07. The number of amides is 1. The summed E-state index contributed by atoms with van der Waals surface area (Å²) in [4.78, 5) is 18.5. The van der Waals surface area contributed by atoms with Crippen LogP contribution in [0.3, 0.4) is 0 Å². The van der Waals surface area contributed by atoms with Gasteiger partial charge < -0.3 is 10.2 Å². The Morgan fingerprint density at radius 1 is 1.19 bits per heavy atom. The number of nitrogens with zero attached hydrogens (tertiary/aromatic N) is 2. The van der Waals surface area contributed by atoms with Gasteiger partial charge in [-0.05, 0) is 25.5 Å². The molecule has 0 atom stereocenters. The molecule has 0 saturated carbocycles. The van der Waals surface area contributed by atoms with E-state index in [2.05, 4.69) is 10.3 Å². The zero-order valence-electron chi connectivity index (χ0n) is 14.4. The summed E-state index contributed by atoms with van der Waals surface area (Å²) in [6, 6.07) is 8.78. The number of alkyl halides is 2. The van der Waals surface area contributed by atoms with Crippen molar-refractivity contribution >= 4 is 17.4 Å². The van der Waals surface area contributed by atoms with Crippen LogP contribution < -0.4 is 10.2 Å². The molecule has 1 saturated heterocycles. The van der Waals surface area contributed by atoms with E-state index in [0.717, 1.165) is 6.20 Å². The van der Waals surface area contributed by atoms with Crippen molar-refractivity contribution in [2.45, 2.75) is 32.1 Å². The van der Waals surface area contributed by atoms with Crippen LogP contribution in [0.1, 0.15) is 35.2 Å². The number of hydrogen-bond donors (Lipinski definition) is 1. The summed E-state index contributed by atoms with van der Waals surface area (Å²) in [5, 5.41) is 2.72. The van der Waals surface area contributed by atoms with Crippen LogP contribution in [0, 0.1) is 12.7 Å². The van der Waals surface area contributed by atoms with Gasteiger partial charge in [-0.15, -0.1) is 0 Å². The molecule has 0 bridgehead atoms. The van der Waals surface area contributed by atoms with E-state index in [1.165, 1.54) is 6.92 Å². The van der Waals surface area contributed by atoms with Crippen molar-refractivity contribution in [1.82, 2.24) is 4.98 Å². The Morgan fingerprint density at radius 3 is 2.65 bits per heavy atom. The van der Waals surface area contributed by atoms with Crippen LogP contribution in [-0.4, -0.2) is 29.9 Å². The summed E-state index contributed by atoms with van der Waals surface area (Å²) in [7, 11) is 0. The van der Waals surface area contributed by atoms with Crippen molar-refractivity contribution in [2.24, 2.45) is 0 Å². The first-order valence-corrected chi connectivity index (χ1v) is 8.52. The third-order valence-electron chi connectivity index (χ3n) is 4.53. The van der Waals surface area contributed by atoms with Crippen molar-refractivity contribution in [3.8, 4) is 0 Å². The lowest BCUT2D eigenvalue weighted by Gasteiger charge is -2.25. The van der Waals surface area contributed by atoms with Gasteiger partial charge in [0.1, 0.15) is 11.6 Å². The Bertz CT molecular complexity index is 796. The second-order valence-electron chi connectivity index (χ2n) is 6.45. The summed E-state index contributed by atoms with van der Waals surface area (Å²) in [6.45, 7) is 1.91. The monoisotopic (exact) mass is 363 g/mol. The average molecular weight is 363 g/mol. The Kier molecular flexibility index (Phi) is 5.15. The van der Waals surface area contributed by atoms with Crippen LogP contribution in [0.15, 0.2) is 36.5 Å². The standard InChI is InChI=1S/C19H20F3N3O/c1-13-15(20)12-23-17(25-10-5-8-19(21,22)9-11-25)16(13)18(26)24-14-6-3-2-4-7-14/h2-4,6-7,12H,5,8-11H2,1H3,(H,24,26). The number of rotatable bonds is 3. The van der Waals surface area contributed by atoms with Gasteiger partial charge in [-0.3, -0.25) is 4.79 Å². The fraction of sp³-hybridized carbons (Fsp3) is 0.368. The molecular weight excluding hydrogens is 343 g/mol. The van der Waals surface area contributed by atoms with Crippen molar-refractivity contribution in [3.63, 3.8) is 0 Å². The number of pyridine rings is 1. The number of carbonyl (C=O) groups excluding carboxylic acids is 1. The fourth-order valence-corrected chi connectivity index (χ4v) is 3.07. The van der Waals surface area contributed by atoms with Crippen LogP contribution in [0.4, 0.5) is 24.7 Å². The summed E-state index contributed by atoms with van der Waals surface area (Å²) in [5.74, 6) is -3.59. The highest BCUT2D eigenvalue weighted by atomic mass is 19.3. The quantitative estimate of drug-likeness (QED) is 0.879. The van der Waals surface area contributed by atoms with Gasteiger partial charge in [0.05, 0.1) is 11.8 Å². The number of anilines is 2. The van der Waals surface area contributed by atoms with Crippen LogP contribution >= 0.6 is 0 Å². The molecule has 0 spiro atoms. The van der Waals surface area contributed by atoms with Gasteiger partial charge in [0.2, 0.25) is 5.92 Å². The number of nitrogens with one attached hydrogen (secondary N) is 1. The van der Waals surface area contributed by atoms with Crippen LogP contribution in [0.5, 0.6) is 0 Å². The first-order valence-electron chi connectivity index (χ1n) is 8.52. The molecule has 1 aromatic heterocycles. The van der Waals surface area contributed by atoms with E-state index in [0.29, 0.717) is 12.2 Å². The number of benzene rings is 1. The maximum atomic E-state index is 14.0. The SMILES string of the molecule is Cc1c(F)cnc(N2CCCC(F)(F)CC2)c1C(=O)Nc1ccccc1. The number of para-hydroxylation sites is 1. The smallest absolute Gasteiger partial charge is 0.259 e. The molecule has 2 aromatic rings. The van der Waals surface area contributed by atoms with Gasteiger partial charge in [0.15, 0.2) is 0 Å². The number of halogens is 3. The molecule has 2 heterocycles. The van der Waals surface area contributed by atoms with Gasteiger partial charge in [-0.25, -0.2) is 18.2 Å². The molecule has 7 heteroatoms. The lowest BCUT2D eigenvalue weighted by molar-refractivity contribution is -0.0102. The second kappa shape index (κ2) is 7.35. The molecule has 1 aliphatic heterocycles. The van der Waals surface area contributed by atoms with Gasteiger partial charge >= 0.3 is 0 Å². The van der Waals surface area contributed by atoms with Crippen LogP contribution in [0.2, 0.25) is 0 Å². The topological polar surface area (TPSA) is 45.2 Å². The summed E-state index contributed by atoms with van der Waals surface area (Å²) in [5.41, 5.74) is 0.799. The molecule has 26 heavy (non-hydrogen) atoms. The second-order valence-corrected chi connectivity index (χ2v) is 6.45. The van der Waals surface area contributed by atoms with E-state index >= 15 is 0 Å². The highest BCUT2D eigenvalue weighted by molar-refractivity contribution is 6.08. The minimum absolute atomic E-state index is 0.0662. The number of aromatic nitrogens is 1. The highest BCUT2D eigenvalue weighted by Gasteiger charge is 2.33. The Balaban J connectivity index is 1.93. The van der Waals surface area contributed by atoms with E-state index in [-0.39, 0.29) is 42.8 Å². The molecule has 1 N–H and O–H groups in total. The van der Waals surface area contributed by atoms with Crippen molar-refractivity contribution in [2.75, 3.05) is 23.3 Å². The van der Waals surface area contributed by atoms with E-state index in [1.807, 2.05) is 6.07 Å². The Hall–Kier alpha value is -2.57. The van der Waals surface area contributed by atoms with Crippen molar-refractivity contribution in [1.29, 1.82) is 0 Å². The van der Waals surface area contributed by atoms with E-state index in [4.69, 9.17) is 0 Å². The zero-order valence-corrected chi connectivity index (χ0v) is 14.4. The van der Waals surface area contributed by atoms with E-state index < -0.39 is 17.6 Å². The number of carbonyl (C=O) groups is 1. The third-order valence-corrected chi connectivity index (χ3v) is 4.53. The zero-order chi connectivity index (χ0) is 18.7. The minimum atomic E-state index is -2.73. The van der Waals surface area contributed by atoms with Crippen molar-refractivity contribution < 1.29 is 18.0 Å². The maximum absolute atomic E-state index is 14.0. The summed E-state index contributed by atoms with van der Waals surface area (Å²) in [6.07, 6.45) is 0.803.